The molecule has 0 atom stereocenters. The second kappa shape index (κ2) is 7.47. The van der Waals surface area contributed by atoms with Crippen molar-refractivity contribution in [2.24, 2.45) is 0 Å². The summed E-state index contributed by atoms with van der Waals surface area (Å²) in [4.78, 5) is 26.6. The van der Waals surface area contributed by atoms with Gasteiger partial charge in [-0.15, -0.1) is 0 Å². The minimum Gasteiger partial charge on any atom is -0.336 e. The third-order valence-electron chi connectivity index (χ3n) is 4.51. The minimum absolute atomic E-state index is 0.0831. The van der Waals surface area contributed by atoms with E-state index in [2.05, 4.69) is 5.32 Å². The van der Waals surface area contributed by atoms with Gasteiger partial charge >= 0.3 is 0 Å². The molecule has 2 aromatic rings. The van der Waals surface area contributed by atoms with E-state index >= 15 is 0 Å². The maximum Gasteiger partial charge on any atom is 0.244 e. The smallest absolute Gasteiger partial charge is 0.244 e. The molecule has 0 spiro atoms. The van der Waals surface area contributed by atoms with Gasteiger partial charge in [-0.25, -0.2) is 0 Å². The average Bonchev–Trinajstić information content (AvgIpc) is 3.40. The van der Waals surface area contributed by atoms with Crippen LogP contribution in [-0.4, -0.2) is 30.3 Å². The molecule has 2 amide bonds. The maximum atomic E-state index is 12.9. The Morgan fingerprint density at radius 3 is 2.15 bits per heavy atom. The van der Waals surface area contributed by atoms with Crippen molar-refractivity contribution in [2.45, 2.75) is 18.3 Å². The van der Waals surface area contributed by atoms with E-state index in [4.69, 9.17) is 34.8 Å². The fourth-order valence-corrected chi connectivity index (χ4v) is 3.59. The Morgan fingerprint density at radius 2 is 1.62 bits per heavy atom. The Balaban J connectivity index is 1.68. The van der Waals surface area contributed by atoms with E-state index in [-0.39, 0.29) is 18.4 Å². The molecule has 1 aliphatic carbocycles. The van der Waals surface area contributed by atoms with E-state index in [0.29, 0.717) is 20.8 Å². The second-order valence-corrected chi connectivity index (χ2v) is 7.65. The first-order chi connectivity index (χ1) is 12.3. The highest BCUT2D eigenvalue weighted by atomic mass is 35.5. The van der Waals surface area contributed by atoms with Crippen LogP contribution in [0.2, 0.25) is 15.1 Å². The van der Waals surface area contributed by atoms with Gasteiger partial charge in [0.2, 0.25) is 11.8 Å². The van der Waals surface area contributed by atoms with Gasteiger partial charge in [0.25, 0.3) is 0 Å². The average molecular weight is 412 g/mol. The number of carbonyl (C=O) groups excluding carboxylic acids is 2. The van der Waals surface area contributed by atoms with Crippen LogP contribution in [0.1, 0.15) is 18.4 Å². The van der Waals surface area contributed by atoms with E-state index in [1.165, 1.54) is 4.90 Å². The molecule has 0 aliphatic heterocycles. The zero-order valence-corrected chi connectivity index (χ0v) is 16.3. The summed E-state index contributed by atoms with van der Waals surface area (Å²) in [5.41, 5.74) is 0.718. The number of hydrogen-bond donors (Lipinski definition) is 1. The number of nitrogens with one attached hydrogen (secondary N) is 1. The lowest BCUT2D eigenvalue weighted by atomic mass is 9.94. The Labute approximate surface area is 167 Å². The zero-order chi connectivity index (χ0) is 18.9. The lowest BCUT2D eigenvalue weighted by Gasteiger charge is -2.23. The Morgan fingerprint density at radius 1 is 1.04 bits per heavy atom. The highest BCUT2D eigenvalue weighted by Gasteiger charge is 2.52. The molecule has 0 unspecified atom stereocenters. The molecule has 7 heteroatoms. The van der Waals surface area contributed by atoms with Crippen molar-refractivity contribution < 1.29 is 9.59 Å². The number of nitrogens with zero attached hydrogens (tertiary/aromatic N) is 1. The molecule has 0 bridgehead atoms. The van der Waals surface area contributed by atoms with Crippen LogP contribution < -0.4 is 5.32 Å². The standard InChI is InChI=1S/C19H17Cl3N2O2/c1-24(11-16(25)23-17-14(21)3-2-4-15(17)22)18(26)19(9-10-19)12-5-7-13(20)8-6-12/h2-8H,9-11H2,1H3,(H,23,25). The third-order valence-corrected chi connectivity index (χ3v) is 5.39. The van der Waals surface area contributed by atoms with Crippen molar-refractivity contribution in [3.05, 3.63) is 63.1 Å². The number of likely N-dealkylation sites (N-methyl/N-ethyl adjacent to an activating group) is 1. The lowest BCUT2D eigenvalue weighted by molar-refractivity contribution is -0.135. The van der Waals surface area contributed by atoms with Gasteiger partial charge in [0.1, 0.15) is 0 Å². The van der Waals surface area contributed by atoms with Crippen LogP contribution in [-0.2, 0) is 15.0 Å². The van der Waals surface area contributed by atoms with E-state index in [9.17, 15) is 9.59 Å². The largest absolute Gasteiger partial charge is 0.336 e. The zero-order valence-electron chi connectivity index (χ0n) is 14.1. The minimum atomic E-state index is -0.554. The number of carbonyl (C=O) groups is 2. The van der Waals surface area contributed by atoms with Crippen LogP contribution in [0.4, 0.5) is 5.69 Å². The molecule has 1 saturated carbocycles. The van der Waals surface area contributed by atoms with Crippen molar-refractivity contribution in [1.82, 2.24) is 4.90 Å². The van der Waals surface area contributed by atoms with E-state index in [1.807, 2.05) is 12.1 Å². The van der Waals surface area contributed by atoms with Crippen LogP contribution in [0.3, 0.4) is 0 Å². The molecule has 4 nitrogen and oxygen atoms in total. The van der Waals surface area contributed by atoms with Gasteiger partial charge < -0.3 is 10.2 Å². The second-order valence-electron chi connectivity index (χ2n) is 6.40. The van der Waals surface area contributed by atoms with E-state index < -0.39 is 5.41 Å². The van der Waals surface area contributed by atoms with Crippen LogP contribution in [0.5, 0.6) is 0 Å². The first-order valence-electron chi connectivity index (χ1n) is 8.09. The predicted molar refractivity (Wildman–Crippen MR) is 105 cm³/mol. The number of halogens is 3. The first kappa shape index (κ1) is 19.0. The number of benzene rings is 2. The van der Waals surface area contributed by atoms with Gasteiger partial charge in [-0.05, 0) is 42.7 Å². The van der Waals surface area contributed by atoms with Crippen LogP contribution in [0, 0.1) is 0 Å². The molecule has 0 heterocycles. The summed E-state index contributed by atoms with van der Waals surface area (Å²) in [6.45, 7) is -0.0876. The predicted octanol–water partition coefficient (Wildman–Crippen LogP) is 4.78. The fourth-order valence-electron chi connectivity index (χ4n) is 2.97. The molecular weight excluding hydrogens is 395 g/mol. The summed E-state index contributed by atoms with van der Waals surface area (Å²) in [7, 11) is 1.62. The van der Waals surface area contributed by atoms with Crippen molar-refractivity contribution >= 4 is 52.3 Å². The summed E-state index contributed by atoms with van der Waals surface area (Å²) in [6.07, 6.45) is 1.52. The first-order valence-corrected chi connectivity index (χ1v) is 9.22. The van der Waals surface area contributed by atoms with Crippen molar-refractivity contribution in [1.29, 1.82) is 0 Å². The topological polar surface area (TPSA) is 49.4 Å². The van der Waals surface area contributed by atoms with Crippen molar-refractivity contribution in [2.75, 3.05) is 18.9 Å². The molecule has 26 heavy (non-hydrogen) atoms. The van der Waals surface area contributed by atoms with E-state index in [1.54, 1.807) is 37.4 Å². The number of hydrogen-bond acceptors (Lipinski definition) is 2. The maximum absolute atomic E-state index is 12.9. The SMILES string of the molecule is CN(CC(=O)Nc1c(Cl)cccc1Cl)C(=O)C1(c2ccc(Cl)cc2)CC1. The highest BCUT2D eigenvalue weighted by Crippen LogP contribution is 2.49. The molecule has 0 saturated heterocycles. The van der Waals surface area contributed by atoms with Gasteiger partial charge in [0.15, 0.2) is 0 Å². The van der Waals surface area contributed by atoms with Gasteiger partial charge in [-0.1, -0.05) is 53.0 Å². The molecular formula is C19H17Cl3N2O2. The quantitative estimate of drug-likeness (QED) is 0.770. The van der Waals surface area contributed by atoms with Gasteiger partial charge in [0, 0.05) is 12.1 Å². The van der Waals surface area contributed by atoms with Gasteiger partial charge in [-0.3, -0.25) is 9.59 Å². The normalized spacial score (nSPS) is 14.6. The van der Waals surface area contributed by atoms with Crippen LogP contribution in [0.15, 0.2) is 42.5 Å². The van der Waals surface area contributed by atoms with Gasteiger partial charge in [0.05, 0.1) is 27.7 Å². The Hall–Kier alpha value is -1.75. The molecule has 1 N–H and O–H groups in total. The summed E-state index contributed by atoms with van der Waals surface area (Å²) in [5, 5.41) is 3.99. The monoisotopic (exact) mass is 410 g/mol. The summed E-state index contributed by atoms with van der Waals surface area (Å²) >= 11 is 18.0. The molecule has 0 aromatic heterocycles. The molecule has 0 radical (unpaired) electrons. The summed E-state index contributed by atoms with van der Waals surface area (Å²) < 4.78 is 0. The molecule has 1 fully saturated rings. The lowest BCUT2D eigenvalue weighted by Crippen LogP contribution is -2.41. The number of para-hydroxylation sites is 1. The summed E-state index contributed by atoms with van der Waals surface area (Å²) in [5.74, 6) is -0.442. The summed E-state index contributed by atoms with van der Waals surface area (Å²) in [6, 6.07) is 12.2. The highest BCUT2D eigenvalue weighted by molar-refractivity contribution is 6.39. The number of rotatable bonds is 5. The fraction of sp³-hybridized carbons (Fsp3) is 0.263. The molecule has 136 valence electrons. The van der Waals surface area contributed by atoms with Crippen molar-refractivity contribution in [3.8, 4) is 0 Å². The molecule has 2 aromatic carbocycles. The van der Waals surface area contributed by atoms with Crippen LogP contribution in [0.25, 0.3) is 0 Å². The van der Waals surface area contributed by atoms with Crippen LogP contribution >= 0.6 is 34.8 Å². The molecule has 3 rings (SSSR count). The Bertz CT molecular complexity index is 828. The van der Waals surface area contributed by atoms with Crippen molar-refractivity contribution in [3.63, 3.8) is 0 Å². The Kier molecular flexibility index (Phi) is 5.47. The van der Waals surface area contributed by atoms with E-state index in [0.717, 1.165) is 18.4 Å². The molecule has 1 aliphatic rings. The number of anilines is 1. The third kappa shape index (κ3) is 3.83. The van der Waals surface area contributed by atoms with Gasteiger partial charge in [-0.2, -0.15) is 0 Å². The number of amides is 2.